The summed E-state index contributed by atoms with van der Waals surface area (Å²) in [7, 11) is 1.58. The van der Waals surface area contributed by atoms with Gasteiger partial charge in [-0.2, -0.15) is 13.2 Å². The van der Waals surface area contributed by atoms with E-state index in [-0.39, 0.29) is 18.5 Å². The Morgan fingerprint density at radius 3 is 2.42 bits per heavy atom. The van der Waals surface area contributed by atoms with Crippen LogP contribution in [-0.4, -0.2) is 47.9 Å². The third kappa shape index (κ3) is 6.10. The van der Waals surface area contributed by atoms with Crippen LogP contribution in [0.5, 0.6) is 0 Å². The molecule has 33 heavy (non-hydrogen) atoms. The summed E-state index contributed by atoms with van der Waals surface area (Å²) in [6.07, 6.45) is -4.70. The number of anilines is 1. The predicted octanol–water partition coefficient (Wildman–Crippen LogP) is 5.16. The Hall–Kier alpha value is -3.40. The van der Waals surface area contributed by atoms with E-state index in [0.717, 1.165) is 16.8 Å². The highest BCUT2D eigenvalue weighted by Gasteiger charge is 2.38. The number of aryl methyl sites for hydroxylation is 1. The lowest BCUT2D eigenvalue weighted by molar-refractivity contribution is -0.156. The summed E-state index contributed by atoms with van der Waals surface area (Å²) in [5.41, 5.74) is 2.89. The van der Waals surface area contributed by atoms with Crippen molar-refractivity contribution in [2.24, 2.45) is 0 Å². The van der Waals surface area contributed by atoms with E-state index in [1.165, 1.54) is 0 Å². The van der Waals surface area contributed by atoms with E-state index in [9.17, 15) is 18.0 Å². The molecule has 0 aliphatic rings. The topological polar surface area (TPSA) is 71.7 Å². The second-order valence-electron chi connectivity index (χ2n) is 7.39. The summed E-state index contributed by atoms with van der Waals surface area (Å²) in [6.45, 7) is 5.50. The van der Waals surface area contributed by atoms with E-state index in [1.807, 2.05) is 38.1 Å². The quantitative estimate of drug-likeness (QED) is 0.463. The number of benzene rings is 2. The van der Waals surface area contributed by atoms with Crippen LogP contribution in [0.1, 0.15) is 23.9 Å². The summed E-state index contributed by atoms with van der Waals surface area (Å²) in [5, 5.41) is 6.52. The minimum atomic E-state index is -4.70. The number of carbonyl (C=O) groups is 1. The molecule has 2 aromatic carbocycles. The van der Waals surface area contributed by atoms with Crippen LogP contribution in [0.3, 0.4) is 0 Å². The maximum absolute atomic E-state index is 13.3. The van der Waals surface area contributed by atoms with Crippen LogP contribution in [0.15, 0.2) is 52.9 Å². The highest BCUT2D eigenvalue weighted by Crippen LogP contribution is 2.30. The van der Waals surface area contributed by atoms with Gasteiger partial charge >= 0.3 is 18.1 Å². The first kappa shape index (κ1) is 24.2. The molecule has 7 nitrogen and oxygen atoms in total. The number of ether oxygens (including phenoxy) is 1. The first-order valence-corrected chi connectivity index (χ1v) is 10.3. The Bertz CT molecular complexity index is 1070. The van der Waals surface area contributed by atoms with Gasteiger partial charge in [0.2, 0.25) is 5.89 Å². The van der Waals surface area contributed by atoms with Crippen molar-refractivity contribution in [3.8, 4) is 11.5 Å². The van der Waals surface area contributed by atoms with E-state index >= 15 is 0 Å². The summed E-state index contributed by atoms with van der Waals surface area (Å²) >= 11 is 0. The number of urea groups is 1. The number of likely N-dealkylation sites (N-methyl/N-ethyl adjacent to an activating group) is 1. The van der Waals surface area contributed by atoms with Crippen LogP contribution in [0, 0.1) is 6.92 Å². The van der Waals surface area contributed by atoms with Gasteiger partial charge in [0.05, 0.1) is 13.2 Å². The maximum atomic E-state index is 13.3. The predicted molar refractivity (Wildman–Crippen MR) is 117 cm³/mol. The summed E-state index contributed by atoms with van der Waals surface area (Å²) in [4.78, 5) is 16.7. The molecular formula is C23H25F3N4O3. The third-order valence-electron chi connectivity index (χ3n) is 4.97. The van der Waals surface area contributed by atoms with Crippen LogP contribution >= 0.6 is 0 Å². The van der Waals surface area contributed by atoms with Gasteiger partial charge < -0.3 is 14.1 Å². The van der Waals surface area contributed by atoms with E-state index in [0.29, 0.717) is 25.3 Å². The second-order valence-corrected chi connectivity index (χ2v) is 7.39. The summed E-state index contributed by atoms with van der Waals surface area (Å²) in [6, 6.07) is 14.1. The second kappa shape index (κ2) is 10.5. The van der Waals surface area contributed by atoms with E-state index in [4.69, 9.17) is 9.15 Å². The molecule has 0 fully saturated rings. The summed E-state index contributed by atoms with van der Waals surface area (Å²) < 4.78 is 48.0. The first-order valence-electron chi connectivity index (χ1n) is 10.3. The van der Waals surface area contributed by atoms with Crippen LogP contribution in [0.25, 0.3) is 11.5 Å². The zero-order valence-corrected chi connectivity index (χ0v) is 18.6. The van der Waals surface area contributed by atoms with Crippen LogP contribution in [0.4, 0.5) is 23.7 Å². The van der Waals surface area contributed by atoms with Crippen molar-refractivity contribution in [1.82, 2.24) is 15.1 Å². The number of rotatable bonds is 8. The number of methoxy groups -OCH3 is 1. The standard InChI is InChI=1S/C23H25F3N4O3/c1-4-29(12-13-32-3)22(31)30(19-7-5-6-16(2)14-19)15-17-8-10-18(11-9-17)20-27-28-21(33-20)23(24,25)26/h5-11,14H,4,12-13,15H2,1-3H3. The molecule has 3 rings (SSSR count). The van der Waals surface area contributed by atoms with Crippen molar-refractivity contribution in [3.63, 3.8) is 0 Å². The lowest BCUT2D eigenvalue weighted by Gasteiger charge is -2.30. The number of nitrogens with zero attached hydrogens (tertiary/aromatic N) is 4. The van der Waals surface area contributed by atoms with Crippen molar-refractivity contribution >= 4 is 11.7 Å². The van der Waals surface area contributed by atoms with Crippen molar-refractivity contribution < 1.29 is 27.1 Å². The third-order valence-corrected chi connectivity index (χ3v) is 4.97. The van der Waals surface area contributed by atoms with Gasteiger partial charge in [0.1, 0.15) is 0 Å². The zero-order chi connectivity index (χ0) is 24.0. The maximum Gasteiger partial charge on any atom is 0.470 e. The van der Waals surface area contributed by atoms with Gasteiger partial charge in [-0.15, -0.1) is 10.2 Å². The minimum Gasteiger partial charge on any atom is -0.413 e. The van der Waals surface area contributed by atoms with Gasteiger partial charge in [-0.3, -0.25) is 4.90 Å². The molecule has 0 N–H and O–H groups in total. The number of aromatic nitrogens is 2. The fraction of sp³-hybridized carbons (Fsp3) is 0.348. The lowest BCUT2D eigenvalue weighted by Crippen LogP contribution is -2.44. The molecule has 2 amide bonds. The smallest absolute Gasteiger partial charge is 0.413 e. The van der Waals surface area contributed by atoms with Gasteiger partial charge in [-0.25, -0.2) is 4.79 Å². The Balaban J connectivity index is 1.85. The molecule has 0 saturated heterocycles. The molecule has 0 aliphatic heterocycles. The van der Waals surface area contributed by atoms with Gasteiger partial charge in [-0.05, 0) is 49.2 Å². The molecule has 1 heterocycles. The van der Waals surface area contributed by atoms with Gasteiger partial charge in [0, 0.05) is 31.5 Å². The SMILES string of the molecule is CCN(CCOC)C(=O)N(Cc1ccc(-c2nnc(C(F)(F)F)o2)cc1)c1cccc(C)c1. The van der Waals surface area contributed by atoms with Crippen LogP contribution < -0.4 is 4.90 Å². The normalized spacial score (nSPS) is 11.5. The molecule has 0 saturated carbocycles. The average molecular weight is 462 g/mol. The average Bonchev–Trinajstić information content (AvgIpc) is 3.29. The summed E-state index contributed by atoms with van der Waals surface area (Å²) in [5.74, 6) is -1.62. The molecule has 3 aromatic rings. The van der Waals surface area contributed by atoms with E-state index < -0.39 is 12.1 Å². The Labute approximate surface area is 189 Å². The first-order chi connectivity index (χ1) is 15.7. The van der Waals surface area contributed by atoms with Crippen molar-refractivity contribution in [2.75, 3.05) is 31.7 Å². The van der Waals surface area contributed by atoms with Gasteiger partial charge in [-0.1, -0.05) is 24.3 Å². The zero-order valence-electron chi connectivity index (χ0n) is 18.6. The molecule has 0 aliphatic carbocycles. The molecule has 176 valence electrons. The monoisotopic (exact) mass is 462 g/mol. The van der Waals surface area contributed by atoms with E-state index in [1.54, 1.807) is 41.2 Å². The molecular weight excluding hydrogens is 437 g/mol. The number of alkyl halides is 3. The number of halogens is 3. The van der Waals surface area contributed by atoms with Gasteiger partial charge in [0.15, 0.2) is 0 Å². The largest absolute Gasteiger partial charge is 0.470 e. The fourth-order valence-electron chi connectivity index (χ4n) is 3.22. The Morgan fingerprint density at radius 1 is 1.12 bits per heavy atom. The fourth-order valence-corrected chi connectivity index (χ4v) is 3.22. The lowest BCUT2D eigenvalue weighted by atomic mass is 10.1. The highest BCUT2D eigenvalue weighted by atomic mass is 19.4. The molecule has 1 aromatic heterocycles. The Kier molecular flexibility index (Phi) is 7.70. The highest BCUT2D eigenvalue weighted by molar-refractivity contribution is 5.92. The molecule has 0 radical (unpaired) electrons. The van der Waals surface area contributed by atoms with Crippen molar-refractivity contribution in [2.45, 2.75) is 26.6 Å². The van der Waals surface area contributed by atoms with Gasteiger partial charge in [0.25, 0.3) is 0 Å². The molecule has 0 atom stereocenters. The van der Waals surface area contributed by atoms with Crippen molar-refractivity contribution in [1.29, 1.82) is 0 Å². The molecule has 0 spiro atoms. The van der Waals surface area contributed by atoms with E-state index in [2.05, 4.69) is 10.2 Å². The molecule has 0 bridgehead atoms. The van der Waals surface area contributed by atoms with Crippen molar-refractivity contribution in [3.05, 3.63) is 65.5 Å². The molecule has 10 heteroatoms. The minimum absolute atomic E-state index is 0.170. The van der Waals surface area contributed by atoms with Crippen LogP contribution in [0.2, 0.25) is 0 Å². The van der Waals surface area contributed by atoms with Crippen LogP contribution in [-0.2, 0) is 17.5 Å². The molecule has 0 unspecified atom stereocenters. The Morgan fingerprint density at radius 2 is 1.85 bits per heavy atom. The number of amides is 2. The number of hydrogen-bond acceptors (Lipinski definition) is 5. The number of hydrogen-bond donors (Lipinski definition) is 0. The number of carbonyl (C=O) groups excluding carboxylic acids is 1.